The van der Waals surface area contributed by atoms with E-state index < -0.39 is 17.8 Å². The van der Waals surface area contributed by atoms with Gasteiger partial charge in [0, 0.05) is 42.8 Å². The third kappa shape index (κ3) is 4.26. The fourth-order valence-electron chi connectivity index (χ4n) is 4.03. The first-order valence-electron chi connectivity index (χ1n) is 9.32. The van der Waals surface area contributed by atoms with Crippen LogP contribution in [0.15, 0.2) is 48.2 Å². The van der Waals surface area contributed by atoms with Gasteiger partial charge in [0.1, 0.15) is 17.8 Å². The third-order valence-electron chi connectivity index (χ3n) is 5.43. The van der Waals surface area contributed by atoms with Crippen LogP contribution < -0.4 is 0 Å². The van der Waals surface area contributed by atoms with Gasteiger partial charge in [0.05, 0.1) is 0 Å². The number of alkyl halides is 1. The van der Waals surface area contributed by atoms with Crippen molar-refractivity contribution >= 4 is 11.8 Å². The Balaban J connectivity index is 1.85. The van der Waals surface area contributed by atoms with Crippen molar-refractivity contribution in [3.05, 3.63) is 71.7 Å². The molecule has 3 rings (SSSR count). The van der Waals surface area contributed by atoms with Gasteiger partial charge in [0.2, 0.25) is 0 Å². The van der Waals surface area contributed by atoms with E-state index in [2.05, 4.69) is 16.7 Å². The monoisotopic (exact) mass is 387 g/mol. The summed E-state index contributed by atoms with van der Waals surface area (Å²) in [5.41, 5.74) is 1.96. The maximum absolute atomic E-state index is 14.7. The lowest BCUT2D eigenvalue weighted by atomic mass is 9.86. The van der Waals surface area contributed by atoms with E-state index in [9.17, 15) is 13.2 Å². The van der Waals surface area contributed by atoms with Gasteiger partial charge in [-0.3, -0.25) is 9.67 Å². The maximum Gasteiger partial charge on any atom is 0.131 e. The van der Waals surface area contributed by atoms with Crippen molar-refractivity contribution in [3.8, 4) is 0 Å². The van der Waals surface area contributed by atoms with Crippen LogP contribution >= 0.6 is 0 Å². The number of aliphatic imine (C=N–C) groups is 1. The second kappa shape index (κ2) is 8.59. The van der Waals surface area contributed by atoms with Crippen molar-refractivity contribution in [3.63, 3.8) is 0 Å². The molecule has 1 saturated carbocycles. The Morgan fingerprint density at radius 1 is 1.32 bits per heavy atom. The van der Waals surface area contributed by atoms with Crippen molar-refractivity contribution in [2.45, 2.75) is 38.3 Å². The molecule has 0 radical (unpaired) electrons. The summed E-state index contributed by atoms with van der Waals surface area (Å²) in [7, 11) is 1.82. The number of nitrogens with zero attached hydrogens (tertiary/aromatic N) is 3. The Bertz CT molecular complexity index is 914. The van der Waals surface area contributed by atoms with Gasteiger partial charge in [-0.25, -0.2) is 13.2 Å². The van der Waals surface area contributed by atoms with Crippen LogP contribution in [0.3, 0.4) is 0 Å². The zero-order valence-corrected chi connectivity index (χ0v) is 16.1. The first-order chi connectivity index (χ1) is 13.4. The molecule has 1 aromatic carbocycles. The molecule has 2 aromatic rings. The molecule has 0 spiro atoms. The summed E-state index contributed by atoms with van der Waals surface area (Å²) in [6.45, 7) is 5.15. The Hall–Kier alpha value is -2.63. The Labute approximate surface area is 163 Å². The van der Waals surface area contributed by atoms with Crippen LogP contribution in [0.4, 0.5) is 13.2 Å². The van der Waals surface area contributed by atoms with E-state index in [0.29, 0.717) is 24.8 Å². The van der Waals surface area contributed by atoms with E-state index >= 15 is 0 Å². The van der Waals surface area contributed by atoms with Gasteiger partial charge in [0.25, 0.3) is 0 Å². The molecule has 0 saturated heterocycles. The summed E-state index contributed by atoms with van der Waals surface area (Å²) >= 11 is 0. The van der Waals surface area contributed by atoms with Crippen LogP contribution in [0, 0.1) is 17.6 Å². The molecule has 0 aliphatic heterocycles. The highest BCUT2D eigenvalue weighted by Gasteiger charge is 2.37. The highest BCUT2D eigenvalue weighted by Crippen LogP contribution is 2.43. The number of aromatic nitrogens is 2. The first kappa shape index (κ1) is 20.1. The second-order valence-electron chi connectivity index (χ2n) is 7.27. The maximum atomic E-state index is 14.7. The molecule has 0 N–H and O–H groups in total. The standard InChI is InChI=1S/C22H24F3N3/c1-4-26-7-5-14(2)18-13-20(24)16(11-21(18)25)9-15-10-17(23)12-19(15)22-6-8-27-28(22)3/h4-8,11,13,15,17,19H,1,9-10,12H2,2-3H3/b14-5+,26-7-. The van der Waals surface area contributed by atoms with Gasteiger partial charge in [-0.1, -0.05) is 6.58 Å². The molecule has 1 aromatic heterocycles. The Morgan fingerprint density at radius 3 is 2.79 bits per heavy atom. The van der Waals surface area contributed by atoms with Gasteiger partial charge in [-0.15, -0.1) is 0 Å². The highest BCUT2D eigenvalue weighted by molar-refractivity contribution is 5.84. The largest absolute Gasteiger partial charge is 0.272 e. The Kier molecular flexibility index (Phi) is 6.17. The molecular formula is C22H24F3N3. The third-order valence-corrected chi connectivity index (χ3v) is 5.43. The zero-order valence-electron chi connectivity index (χ0n) is 16.1. The quantitative estimate of drug-likeness (QED) is 0.611. The Morgan fingerprint density at radius 2 is 2.11 bits per heavy atom. The average molecular weight is 387 g/mol. The highest BCUT2D eigenvalue weighted by atomic mass is 19.1. The van der Waals surface area contributed by atoms with Gasteiger partial charge >= 0.3 is 0 Å². The van der Waals surface area contributed by atoms with E-state index in [1.807, 2.05) is 13.1 Å². The number of halogens is 3. The predicted octanol–water partition coefficient (Wildman–Crippen LogP) is 5.39. The molecule has 1 heterocycles. The lowest BCUT2D eigenvalue weighted by Crippen LogP contribution is -2.14. The fraction of sp³-hybridized carbons (Fsp3) is 0.364. The van der Waals surface area contributed by atoms with E-state index in [0.717, 1.165) is 5.69 Å². The number of aryl methyl sites for hydroxylation is 1. The predicted molar refractivity (Wildman–Crippen MR) is 106 cm³/mol. The van der Waals surface area contributed by atoms with Gasteiger partial charge in [-0.2, -0.15) is 5.10 Å². The summed E-state index contributed by atoms with van der Waals surface area (Å²) in [6.07, 6.45) is 6.20. The molecule has 3 atom stereocenters. The lowest BCUT2D eigenvalue weighted by Gasteiger charge is -2.20. The number of allylic oxidation sites excluding steroid dienone is 2. The van der Waals surface area contributed by atoms with Crippen LogP contribution in [0.2, 0.25) is 0 Å². The van der Waals surface area contributed by atoms with Crippen molar-refractivity contribution in [1.82, 2.24) is 9.78 Å². The summed E-state index contributed by atoms with van der Waals surface area (Å²) in [6, 6.07) is 4.31. The molecule has 148 valence electrons. The lowest BCUT2D eigenvalue weighted by molar-refractivity contribution is 0.330. The van der Waals surface area contributed by atoms with E-state index in [-0.39, 0.29) is 23.0 Å². The SMILES string of the molecule is C=C/N=C\C=C(/C)c1cc(F)c(CC2CC(F)CC2c2ccnn2C)cc1F. The summed E-state index contributed by atoms with van der Waals surface area (Å²) in [5, 5.41) is 4.16. The van der Waals surface area contributed by atoms with Gasteiger partial charge in [0.15, 0.2) is 0 Å². The van der Waals surface area contributed by atoms with Crippen LogP contribution in [0.25, 0.3) is 5.57 Å². The van der Waals surface area contributed by atoms with Crippen molar-refractivity contribution in [1.29, 1.82) is 0 Å². The number of hydrogen-bond acceptors (Lipinski definition) is 2. The summed E-state index contributed by atoms with van der Waals surface area (Å²) in [5.74, 6) is -1.12. The van der Waals surface area contributed by atoms with E-state index in [4.69, 9.17) is 0 Å². The topological polar surface area (TPSA) is 30.2 Å². The number of hydrogen-bond donors (Lipinski definition) is 0. The molecule has 1 fully saturated rings. The number of benzene rings is 1. The van der Waals surface area contributed by atoms with Crippen LogP contribution in [0.5, 0.6) is 0 Å². The fourth-order valence-corrected chi connectivity index (χ4v) is 4.03. The minimum atomic E-state index is -0.939. The summed E-state index contributed by atoms with van der Waals surface area (Å²) < 4.78 is 45.2. The van der Waals surface area contributed by atoms with Crippen LogP contribution in [0.1, 0.15) is 42.5 Å². The molecular weight excluding hydrogens is 363 g/mol. The molecule has 28 heavy (non-hydrogen) atoms. The number of rotatable bonds is 6. The molecule has 0 bridgehead atoms. The molecule has 1 aliphatic carbocycles. The minimum absolute atomic E-state index is 0.0543. The molecule has 0 amide bonds. The van der Waals surface area contributed by atoms with Crippen LogP contribution in [-0.2, 0) is 13.5 Å². The minimum Gasteiger partial charge on any atom is -0.272 e. The van der Waals surface area contributed by atoms with E-state index in [1.165, 1.54) is 24.5 Å². The second-order valence-corrected chi connectivity index (χ2v) is 7.27. The first-order valence-corrected chi connectivity index (χ1v) is 9.32. The van der Waals surface area contributed by atoms with Crippen molar-refractivity contribution < 1.29 is 13.2 Å². The van der Waals surface area contributed by atoms with Gasteiger partial charge in [-0.05, 0) is 67.5 Å². The summed E-state index contributed by atoms with van der Waals surface area (Å²) in [4.78, 5) is 3.83. The van der Waals surface area contributed by atoms with Crippen molar-refractivity contribution in [2.24, 2.45) is 18.0 Å². The molecule has 1 aliphatic rings. The zero-order chi connectivity index (χ0) is 20.3. The van der Waals surface area contributed by atoms with Crippen LogP contribution in [-0.4, -0.2) is 22.2 Å². The van der Waals surface area contributed by atoms with Crippen molar-refractivity contribution in [2.75, 3.05) is 0 Å². The van der Waals surface area contributed by atoms with Gasteiger partial charge < -0.3 is 0 Å². The molecule has 3 nitrogen and oxygen atoms in total. The smallest absolute Gasteiger partial charge is 0.131 e. The normalized spacial score (nSPS) is 22.9. The average Bonchev–Trinajstić information content (AvgIpc) is 3.22. The molecule has 6 heteroatoms. The molecule has 3 unspecified atom stereocenters. The van der Waals surface area contributed by atoms with E-state index in [1.54, 1.807) is 23.9 Å².